The molecule has 0 spiro atoms. The summed E-state index contributed by atoms with van der Waals surface area (Å²) in [5, 5.41) is 0.220. The van der Waals surface area contributed by atoms with Gasteiger partial charge in [0.2, 0.25) is 10.0 Å². The number of nitrogens with zero attached hydrogens (tertiary/aromatic N) is 1. The molecular weight excluding hydrogens is 496 g/mol. The van der Waals surface area contributed by atoms with Gasteiger partial charge >= 0.3 is 17.9 Å². The van der Waals surface area contributed by atoms with Crippen LogP contribution in [0.1, 0.15) is 16.7 Å². The number of hydrogen-bond donors (Lipinski definition) is 1. The van der Waals surface area contributed by atoms with Crippen LogP contribution in [-0.2, 0) is 16.4 Å². The summed E-state index contributed by atoms with van der Waals surface area (Å²) in [6.45, 7) is -0.199. The van der Waals surface area contributed by atoms with Crippen molar-refractivity contribution in [2.45, 2.75) is 24.4 Å². The van der Waals surface area contributed by atoms with Crippen LogP contribution < -0.4 is 15.1 Å². The van der Waals surface area contributed by atoms with Crippen molar-refractivity contribution in [2.24, 2.45) is 0 Å². The summed E-state index contributed by atoms with van der Waals surface area (Å²) in [6, 6.07) is 7.16. The molecular formula is C22H20F4N2O6S. The minimum absolute atomic E-state index is 0.0353. The fraction of sp³-hybridized carbons (Fsp3) is 0.273. The lowest BCUT2D eigenvalue weighted by atomic mass is 9.99. The number of sulfonamides is 1. The van der Waals surface area contributed by atoms with Gasteiger partial charge in [-0.2, -0.15) is 13.2 Å². The van der Waals surface area contributed by atoms with Crippen LogP contribution in [0.4, 0.5) is 22.4 Å². The highest BCUT2D eigenvalue weighted by Crippen LogP contribution is 2.28. The summed E-state index contributed by atoms with van der Waals surface area (Å²) < 4.78 is 87.9. The summed E-state index contributed by atoms with van der Waals surface area (Å²) >= 11 is 0. The molecule has 0 unspecified atom stereocenters. The van der Waals surface area contributed by atoms with E-state index in [1.54, 1.807) is 0 Å². The van der Waals surface area contributed by atoms with Crippen molar-refractivity contribution in [3.8, 4) is 5.75 Å². The molecule has 1 aromatic heterocycles. The fourth-order valence-corrected chi connectivity index (χ4v) is 4.23. The Balaban J connectivity index is 1.96. The lowest BCUT2D eigenvalue weighted by Crippen LogP contribution is -2.33. The minimum atomic E-state index is -4.73. The quantitative estimate of drug-likeness (QED) is 0.395. The topological polar surface area (TPSA) is 106 Å². The van der Waals surface area contributed by atoms with Gasteiger partial charge in [0.05, 0.1) is 4.90 Å². The average Bonchev–Trinajstić information content (AvgIpc) is 2.76. The predicted molar refractivity (Wildman–Crippen MR) is 117 cm³/mol. The number of aryl methyl sites for hydroxylation is 1. The summed E-state index contributed by atoms with van der Waals surface area (Å²) in [6.07, 6.45) is -5.70. The number of carbonyl (C=O) groups is 1. The van der Waals surface area contributed by atoms with Crippen LogP contribution >= 0.6 is 0 Å². The largest absolute Gasteiger partial charge is 0.422 e. The SMILES string of the molecule is Cc1c(Cc2cccc(S(=O)(=O)NCC(F)(F)F)c2)c(=O)oc2cc(OC(=O)N(C)C)c(F)cc12. The zero-order valence-electron chi connectivity index (χ0n) is 18.7. The van der Waals surface area contributed by atoms with Crippen LogP contribution in [-0.4, -0.2) is 46.2 Å². The second kappa shape index (κ2) is 9.66. The molecule has 0 fully saturated rings. The van der Waals surface area contributed by atoms with Crippen LogP contribution in [0.15, 0.2) is 50.5 Å². The molecule has 0 aliphatic heterocycles. The van der Waals surface area contributed by atoms with Gasteiger partial charge in [-0.15, -0.1) is 0 Å². The number of amides is 1. The van der Waals surface area contributed by atoms with Gasteiger partial charge in [-0.3, -0.25) is 0 Å². The highest BCUT2D eigenvalue weighted by atomic mass is 32.2. The van der Waals surface area contributed by atoms with Crippen LogP contribution in [0.3, 0.4) is 0 Å². The highest BCUT2D eigenvalue weighted by molar-refractivity contribution is 7.89. The Bertz CT molecular complexity index is 1450. The molecule has 1 heterocycles. The lowest BCUT2D eigenvalue weighted by Gasteiger charge is -2.13. The zero-order chi connectivity index (χ0) is 26.1. The number of alkyl halides is 3. The van der Waals surface area contributed by atoms with E-state index in [4.69, 9.17) is 9.15 Å². The van der Waals surface area contributed by atoms with Crippen molar-refractivity contribution >= 4 is 27.1 Å². The summed E-state index contributed by atoms with van der Waals surface area (Å²) in [5.41, 5.74) is -0.106. The number of benzene rings is 2. The Morgan fingerprint density at radius 2 is 1.86 bits per heavy atom. The van der Waals surface area contributed by atoms with Crippen molar-refractivity contribution in [1.82, 2.24) is 9.62 Å². The second-order valence-corrected chi connectivity index (χ2v) is 9.57. The summed E-state index contributed by atoms with van der Waals surface area (Å²) in [7, 11) is -1.64. The molecule has 13 heteroatoms. The van der Waals surface area contributed by atoms with Gasteiger partial charge in [0.25, 0.3) is 0 Å². The van der Waals surface area contributed by atoms with Crippen molar-refractivity contribution < 1.29 is 39.9 Å². The molecule has 0 aliphatic rings. The molecule has 0 radical (unpaired) electrons. The Labute approximate surface area is 197 Å². The molecule has 35 heavy (non-hydrogen) atoms. The lowest BCUT2D eigenvalue weighted by molar-refractivity contribution is -0.121. The van der Waals surface area contributed by atoms with E-state index in [0.29, 0.717) is 11.1 Å². The van der Waals surface area contributed by atoms with Crippen molar-refractivity contribution in [3.05, 3.63) is 69.3 Å². The number of fused-ring (bicyclic) bond motifs is 1. The first-order valence-electron chi connectivity index (χ1n) is 9.98. The number of rotatable bonds is 6. The number of hydrogen-bond acceptors (Lipinski definition) is 6. The zero-order valence-corrected chi connectivity index (χ0v) is 19.5. The van der Waals surface area contributed by atoms with Crippen molar-refractivity contribution in [1.29, 1.82) is 0 Å². The Morgan fingerprint density at radius 1 is 1.17 bits per heavy atom. The molecule has 0 saturated heterocycles. The van der Waals surface area contributed by atoms with Gasteiger partial charge in [-0.05, 0) is 36.2 Å². The Morgan fingerprint density at radius 3 is 2.49 bits per heavy atom. The standard InChI is InChI=1S/C22H20F4N2O6S/c1-12-15-9-17(23)19(34-21(30)28(2)3)10-18(15)33-20(29)16(12)8-13-5-4-6-14(7-13)35(31,32)27-11-22(24,25)26/h4-7,9-10,27H,8,11H2,1-3H3. The van der Waals surface area contributed by atoms with E-state index in [9.17, 15) is 35.6 Å². The molecule has 8 nitrogen and oxygen atoms in total. The normalized spacial score (nSPS) is 12.1. The van der Waals surface area contributed by atoms with Gasteiger partial charge in [0.1, 0.15) is 12.1 Å². The molecule has 188 valence electrons. The Kier molecular flexibility index (Phi) is 7.22. The number of nitrogens with one attached hydrogen (secondary N) is 1. The van der Waals surface area contributed by atoms with Gasteiger partial charge in [-0.1, -0.05) is 12.1 Å². The predicted octanol–water partition coefficient (Wildman–Crippen LogP) is 3.73. The van der Waals surface area contributed by atoms with Crippen LogP contribution in [0.25, 0.3) is 11.0 Å². The molecule has 2 aromatic carbocycles. The van der Waals surface area contributed by atoms with Gasteiger partial charge in [-0.25, -0.2) is 27.1 Å². The van der Waals surface area contributed by atoms with Gasteiger partial charge in [0, 0.05) is 37.5 Å². The molecule has 0 saturated carbocycles. The fourth-order valence-electron chi connectivity index (χ4n) is 3.14. The van der Waals surface area contributed by atoms with E-state index in [1.807, 2.05) is 0 Å². The smallest absolute Gasteiger partial charge is 0.414 e. The number of carbonyl (C=O) groups excluding carboxylic acids is 1. The third-order valence-corrected chi connectivity index (χ3v) is 6.35. The van der Waals surface area contributed by atoms with Crippen LogP contribution in [0, 0.1) is 12.7 Å². The van der Waals surface area contributed by atoms with E-state index in [2.05, 4.69) is 0 Å². The minimum Gasteiger partial charge on any atom is -0.422 e. The molecule has 3 aromatic rings. The highest BCUT2D eigenvalue weighted by Gasteiger charge is 2.30. The first-order chi connectivity index (χ1) is 16.2. The molecule has 0 aliphatic carbocycles. The van der Waals surface area contributed by atoms with Crippen molar-refractivity contribution in [3.63, 3.8) is 0 Å². The van der Waals surface area contributed by atoms with E-state index in [-0.39, 0.29) is 23.0 Å². The van der Waals surface area contributed by atoms with Gasteiger partial charge < -0.3 is 14.1 Å². The number of ether oxygens (including phenoxy) is 1. The van der Waals surface area contributed by atoms with E-state index >= 15 is 0 Å². The third-order valence-electron chi connectivity index (χ3n) is 4.95. The van der Waals surface area contributed by atoms with Crippen LogP contribution in [0.5, 0.6) is 5.75 Å². The maximum Gasteiger partial charge on any atom is 0.414 e. The molecule has 0 atom stereocenters. The van der Waals surface area contributed by atoms with Gasteiger partial charge in [0.15, 0.2) is 11.6 Å². The second-order valence-electron chi connectivity index (χ2n) is 7.80. The third kappa shape index (κ3) is 6.17. The first-order valence-corrected chi connectivity index (χ1v) is 11.5. The number of halogens is 4. The summed E-state index contributed by atoms with van der Waals surface area (Å²) in [5.74, 6) is -1.31. The first kappa shape index (κ1) is 26.2. The Hall–Kier alpha value is -3.45. The maximum atomic E-state index is 14.6. The van der Waals surface area contributed by atoms with Crippen molar-refractivity contribution in [2.75, 3.05) is 20.6 Å². The molecule has 1 N–H and O–H groups in total. The average molecular weight is 516 g/mol. The maximum absolute atomic E-state index is 14.6. The van der Waals surface area contributed by atoms with E-state index in [1.165, 1.54) is 37.9 Å². The molecule has 3 rings (SSSR count). The molecule has 0 bridgehead atoms. The summed E-state index contributed by atoms with van der Waals surface area (Å²) in [4.78, 5) is 25.0. The molecule has 1 amide bonds. The monoisotopic (exact) mass is 516 g/mol. The van der Waals surface area contributed by atoms with Crippen LogP contribution in [0.2, 0.25) is 0 Å². The van der Waals surface area contributed by atoms with E-state index < -0.39 is 50.9 Å². The van der Waals surface area contributed by atoms with E-state index in [0.717, 1.165) is 29.2 Å².